The molecular formula is C22H18F6N2O2. The Kier molecular flexibility index (Phi) is 8.68. The highest BCUT2D eigenvalue weighted by atomic mass is 19.4. The Balaban J connectivity index is 1.83. The smallest absolute Gasteiger partial charge is 0.406 e. The molecule has 0 saturated heterocycles. The average molecular weight is 456 g/mol. The molecule has 0 amide bonds. The minimum absolute atomic E-state index is 0.203. The Morgan fingerprint density at radius 3 is 1.78 bits per heavy atom. The summed E-state index contributed by atoms with van der Waals surface area (Å²) in [5, 5.41) is 3.02. The lowest BCUT2D eigenvalue weighted by Crippen LogP contribution is -2.19. The van der Waals surface area contributed by atoms with E-state index in [0.29, 0.717) is 18.7 Å². The molecule has 1 N–H and O–H groups in total. The Morgan fingerprint density at radius 1 is 0.812 bits per heavy atom. The first-order valence-electron chi connectivity index (χ1n) is 9.11. The van der Waals surface area contributed by atoms with E-state index < -0.39 is 12.7 Å². The van der Waals surface area contributed by atoms with Crippen molar-refractivity contribution in [1.82, 2.24) is 10.2 Å². The second-order valence-electron chi connectivity index (χ2n) is 6.34. The van der Waals surface area contributed by atoms with Crippen molar-refractivity contribution >= 4 is 0 Å². The normalized spacial score (nSPS) is 11.2. The predicted molar refractivity (Wildman–Crippen MR) is 105 cm³/mol. The van der Waals surface area contributed by atoms with Crippen LogP contribution in [0.15, 0.2) is 48.5 Å². The molecule has 0 unspecified atom stereocenters. The number of alkyl halides is 6. The van der Waals surface area contributed by atoms with E-state index in [9.17, 15) is 26.3 Å². The average Bonchev–Trinajstić information content (AvgIpc) is 2.68. The zero-order valence-corrected chi connectivity index (χ0v) is 16.6. The highest BCUT2D eigenvalue weighted by Gasteiger charge is 2.31. The third-order valence-electron chi connectivity index (χ3n) is 3.75. The zero-order valence-electron chi connectivity index (χ0n) is 16.6. The standard InChI is InChI=1S/C22H18F6N2O2/c1-2-13-30(16-18-6-10-20(11-7-18)32-22(26,27)28)14-3-12-29-15-17-4-8-19(9-5-17)31-21(23,24)25/h1,4-11,29H,12-13,15-16H2. The number of hydrogen-bond acceptors (Lipinski definition) is 4. The van der Waals surface area contributed by atoms with Crippen LogP contribution < -0.4 is 14.8 Å². The van der Waals surface area contributed by atoms with Crippen molar-refractivity contribution in [2.75, 3.05) is 13.1 Å². The van der Waals surface area contributed by atoms with Crippen LogP contribution in [0, 0.1) is 24.3 Å². The maximum absolute atomic E-state index is 12.2. The van der Waals surface area contributed by atoms with Gasteiger partial charge in [-0.15, -0.1) is 32.8 Å². The summed E-state index contributed by atoms with van der Waals surface area (Å²) in [5.41, 5.74) is 1.43. The van der Waals surface area contributed by atoms with Crippen molar-refractivity contribution in [3.05, 3.63) is 59.7 Å². The molecule has 170 valence electrons. The van der Waals surface area contributed by atoms with Gasteiger partial charge in [0.2, 0.25) is 0 Å². The number of ether oxygens (including phenoxy) is 2. The van der Waals surface area contributed by atoms with E-state index >= 15 is 0 Å². The fraction of sp³-hybridized carbons (Fsp3) is 0.273. The van der Waals surface area contributed by atoms with Gasteiger partial charge in [-0.1, -0.05) is 36.1 Å². The van der Waals surface area contributed by atoms with Gasteiger partial charge >= 0.3 is 12.7 Å². The van der Waals surface area contributed by atoms with E-state index in [0.717, 1.165) is 5.56 Å². The Hall–Kier alpha value is -3.50. The molecular weight excluding hydrogens is 438 g/mol. The summed E-state index contributed by atoms with van der Waals surface area (Å²) in [5.74, 6) is 4.70. The lowest BCUT2D eigenvalue weighted by molar-refractivity contribution is -0.275. The molecule has 2 aromatic rings. The predicted octanol–water partition coefficient (Wildman–Crippen LogP) is 4.67. The molecule has 0 bridgehead atoms. The van der Waals surface area contributed by atoms with Gasteiger partial charge in [0.1, 0.15) is 11.5 Å². The molecule has 0 radical (unpaired) electrons. The van der Waals surface area contributed by atoms with E-state index in [4.69, 9.17) is 6.42 Å². The minimum Gasteiger partial charge on any atom is -0.406 e. The zero-order chi connectivity index (χ0) is 23.6. The van der Waals surface area contributed by atoms with Crippen LogP contribution >= 0.6 is 0 Å². The summed E-state index contributed by atoms with van der Waals surface area (Å²) in [6.45, 7) is 1.15. The van der Waals surface area contributed by atoms with E-state index in [1.807, 2.05) is 0 Å². The number of benzene rings is 2. The monoisotopic (exact) mass is 456 g/mol. The summed E-state index contributed by atoms with van der Waals surface area (Å²) in [6.07, 6.45) is -4.16. The molecule has 0 heterocycles. The van der Waals surface area contributed by atoms with E-state index in [-0.39, 0.29) is 24.6 Å². The topological polar surface area (TPSA) is 33.7 Å². The van der Waals surface area contributed by atoms with Crippen LogP contribution in [0.25, 0.3) is 0 Å². The van der Waals surface area contributed by atoms with Gasteiger partial charge in [0, 0.05) is 12.6 Å². The fourth-order valence-corrected chi connectivity index (χ4v) is 2.49. The van der Waals surface area contributed by atoms with Crippen LogP contribution in [0.2, 0.25) is 0 Å². The van der Waals surface area contributed by atoms with Crippen LogP contribution in [0.1, 0.15) is 11.1 Å². The molecule has 0 spiro atoms. The van der Waals surface area contributed by atoms with Gasteiger partial charge < -0.3 is 19.7 Å². The molecule has 0 aliphatic heterocycles. The van der Waals surface area contributed by atoms with Crippen LogP contribution in [-0.4, -0.2) is 30.7 Å². The van der Waals surface area contributed by atoms with Crippen molar-refractivity contribution in [2.24, 2.45) is 0 Å². The number of hydrogen-bond donors (Lipinski definition) is 1. The van der Waals surface area contributed by atoms with Crippen LogP contribution in [-0.2, 0) is 13.1 Å². The van der Waals surface area contributed by atoms with E-state index in [1.165, 1.54) is 48.5 Å². The molecule has 0 aliphatic carbocycles. The van der Waals surface area contributed by atoms with Crippen molar-refractivity contribution in [1.29, 1.82) is 0 Å². The first-order chi connectivity index (χ1) is 15.0. The molecule has 4 nitrogen and oxygen atoms in total. The number of terminal acetylenes is 1. The third-order valence-corrected chi connectivity index (χ3v) is 3.75. The summed E-state index contributed by atoms with van der Waals surface area (Å²) in [7, 11) is 0. The quantitative estimate of drug-likeness (QED) is 0.271. The molecule has 0 saturated carbocycles. The van der Waals surface area contributed by atoms with Gasteiger partial charge in [0.05, 0.1) is 19.6 Å². The Labute approximate surface area is 181 Å². The molecule has 2 aromatic carbocycles. The van der Waals surface area contributed by atoms with E-state index in [2.05, 4.69) is 32.7 Å². The lowest BCUT2D eigenvalue weighted by Gasteiger charge is -2.15. The number of halogens is 6. The van der Waals surface area contributed by atoms with Crippen molar-refractivity contribution in [3.8, 4) is 35.8 Å². The van der Waals surface area contributed by atoms with Crippen LogP contribution in [0.4, 0.5) is 26.3 Å². The highest BCUT2D eigenvalue weighted by molar-refractivity contribution is 5.28. The first kappa shape index (κ1) is 24.8. The second-order valence-corrected chi connectivity index (χ2v) is 6.34. The van der Waals surface area contributed by atoms with Crippen molar-refractivity contribution in [2.45, 2.75) is 25.8 Å². The van der Waals surface area contributed by atoms with Gasteiger partial charge in [0.15, 0.2) is 0 Å². The van der Waals surface area contributed by atoms with E-state index in [1.54, 1.807) is 4.90 Å². The number of rotatable bonds is 8. The fourth-order valence-electron chi connectivity index (χ4n) is 2.49. The van der Waals surface area contributed by atoms with Crippen molar-refractivity contribution < 1.29 is 35.8 Å². The summed E-state index contributed by atoms with van der Waals surface area (Å²) in [4.78, 5) is 1.62. The summed E-state index contributed by atoms with van der Waals surface area (Å²) < 4.78 is 80.7. The molecule has 32 heavy (non-hydrogen) atoms. The summed E-state index contributed by atoms with van der Waals surface area (Å²) >= 11 is 0. The Bertz CT molecular complexity index is 952. The van der Waals surface area contributed by atoms with Crippen molar-refractivity contribution in [3.63, 3.8) is 0 Å². The maximum atomic E-state index is 12.2. The van der Waals surface area contributed by atoms with Crippen LogP contribution in [0.3, 0.4) is 0 Å². The van der Waals surface area contributed by atoms with Gasteiger partial charge in [-0.3, -0.25) is 0 Å². The second kappa shape index (κ2) is 11.2. The molecule has 0 fully saturated rings. The summed E-state index contributed by atoms with van der Waals surface area (Å²) in [6, 6.07) is 13.7. The Morgan fingerprint density at radius 2 is 1.31 bits per heavy atom. The van der Waals surface area contributed by atoms with Gasteiger partial charge in [-0.25, -0.2) is 0 Å². The maximum Gasteiger partial charge on any atom is 0.573 e. The number of nitrogens with zero attached hydrogens (tertiary/aromatic N) is 1. The largest absolute Gasteiger partial charge is 0.573 e. The van der Waals surface area contributed by atoms with Gasteiger partial charge in [-0.05, 0) is 35.4 Å². The molecule has 2 rings (SSSR count). The van der Waals surface area contributed by atoms with Gasteiger partial charge in [-0.2, -0.15) is 0 Å². The molecule has 0 aliphatic rings. The molecule has 0 atom stereocenters. The number of nitrogens with one attached hydrogen (secondary N) is 1. The van der Waals surface area contributed by atoms with Gasteiger partial charge in [0.25, 0.3) is 0 Å². The lowest BCUT2D eigenvalue weighted by atomic mass is 10.2. The molecule has 0 aromatic heterocycles. The van der Waals surface area contributed by atoms with Crippen LogP contribution in [0.5, 0.6) is 11.5 Å². The highest BCUT2D eigenvalue weighted by Crippen LogP contribution is 2.23. The first-order valence-corrected chi connectivity index (χ1v) is 9.11. The SMILES string of the molecule is C#CCN(C#CCNCc1ccc(OC(F)(F)F)cc1)Cc1ccc(OC(F)(F)F)cc1. The minimum atomic E-state index is -4.76. The molecule has 10 heteroatoms. The third kappa shape index (κ3) is 10.0.